The van der Waals surface area contributed by atoms with E-state index in [-0.39, 0.29) is 17.7 Å². The van der Waals surface area contributed by atoms with E-state index in [0.717, 1.165) is 0 Å². The van der Waals surface area contributed by atoms with Crippen molar-refractivity contribution in [3.05, 3.63) is 12.1 Å². The number of rotatable bonds is 5. The van der Waals surface area contributed by atoms with Crippen LogP contribution in [-0.4, -0.2) is 51.1 Å². The zero-order chi connectivity index (χ0) is 17.7. The summed E-state index contributed by atoms with van der Waals surface area (Å²) in [7, 11) is 4.59. The van der Waals surface area contributed by atoms with E-state index in [9.17, 15) is 9.59 Å². The first kappa shape index (κ1) is 17.9. The number of ether oxygens (including phenoxy) is 3. The van der Waals surface area contributed by atoms with Crippen molar-refractivity contribution in [2.24, 2.45) is 5.92 Å². The maximum Gasteiger partial charge on any atom is 0.227 e. The molecule has 1 aromatic carbocycles. The van der Waals surface area contributed by atoms with Gasteiger partial charge in [0.15, 0.2) is 11.5 Å². The molecule has 0 bridgehead atoms. The van der Waals surface area contributed by atoms with Crippen molar-refractivity contribution in [3.8, 4) is 17.2 Å². The van der Waals surface area contributed by atoms with Crippen LogP contribution >= 0.6 is 0 Å². The van der Waals surface area contributed by atoms with Crippen molar-refractivity contribution in [1.82, 2.24) is 4.90 Å². The van der Waals surface area contributed by atoms with Gasteiger partial charge >= 0.3 is 0 Å². The summed E-state index contributed by atoms with van der Waals surface area (Å²) in [5.41, 5.74) is 0.587. The Morgan fingerprint density at radius 1 is 1.04 bits per heavy atom. The number of nitrogens with zero attached hydrogens (tertiary/aromatic N) is 1. The second kappa shape index (κ2) is 7.90. The summed E-state index contributed by atoms with van der Waals surface area (Å²) in [4.78, 5) is 25.6. The number of benzene rings is 1. The lowest BCUT2D eigenvalue weighted by atomic mass is 9.96. The minimum Gasteiger partial charge on any atom is -0.493 e. The van der Waals surface area contributed by atoms with Crippen molar-refractivity contribution in [3.63, 3.8) is 0 Å². The van der Waals surface area contributed by atoms with Crippen LogP contribution in [0.4, 0.5) is 5.69 Å². The van der Waals surface area contributed by atoms with Gasteiger partial charge in [0.05, 0.1) is 21.3 Å². The molecule has 24 heavy (non-hydrogen) atoms. The van der Waals surface area contributed by atoms with Crippen LogP contribution in [-0.2, 0) is 9.59 Å². The van der Waals surface area contributed by atoms with Gasteiger partial charge < -0.3 is 24.4 Å². The highest BCUT2D eigenvalue weighted by atomic mass is 16.5. The molecule has 0 unspecified atom stereocenters. The van der Waals surface area contributed by atoms with Gasteiger partial charge in [-0.05, 0) is 12.8 Å². The Kier molecular flexibility index (Phi) is 5.89. The number of carbonyl (C=O) groups is 2. The predicted molar refractivity (Wildman–Crippen MR) is 89.7 cm³/mol. The van der Waals surface area contributed by atoms with Gasteiger partial charge in [0.2, 0.25) is 17.6 Å². The van der Waals surface area contributed by atoms with Crippen LogP contribution < -0.4 is 19.5 Å². The minimum absolute atomic E-state index is 0.0542. The third kappa shape index (κ3) is 3.90. The SMILES string of the molecule is COc1cc(NC(=O)C2CCN(C(C)=O)CC2)cc(OC)c1OC. The number of amides is 2. The standard InChI is InChI=1S/C17H24N2O5/c1-11(20)19-7-5-12(6-8-19)17(21)18-13-9-14(22-2)16(24-4)15(10-13)23-3/h9-10,12H,5-8H2,1-4H3,(H,18,21). The number of carbonyl (C=O) groups excluding carboxylic acids is 2. The summed E-state index contributed by atoms with van der Waals surface area (Å²) < 4.78 is 15.8. The van der Waals surface area contributed by atoms with Gasteiger partial charge in [-0.2, -0.15) is 0 Å². The quantitative estimate of drug-likeness (QED) is 0.889. The molecule has 1 fully saturated rings. The zero-order valence-corrected chi connectivity index (χ0v) is 14.5. The molecule has 132 valence electrons. The third-order valence-corrected chi connectivity index (χ3v) is 4.24. The van der Waals surface area contributed by atoms with Crippen molar-refractivity contribution < 1.29 is 23.8 Å². The summed E-state index contributed by atoms with van der Waals surface area (Å²) in [5, 5.41) is 2.90. The normalized spacial score (nSPS) is 14.9. The largest absolute Gasteiger partial charge is 0.493 e. The maximum atomic E-state index is 12.5. The van der Waals surface area contributed by atoms with Gasteiger partial charge in [-0.3, -0.25) is 9.59 Å². The number of piperidine rings is 1. The molecule has 1 aliphatic heterocycles. The first-order valence-electron chi connectivity index (χ1n) is 7.86. The Balaban J connectivity index is 2.08. The van der Waals surface area contributed by atoms with E-state index in [1.807, 2.05) is 0 Å². The van der Waals surface area contributed by atoms with Crippen molar-refractivity contribution in [2.75, 3.05) is 39.7 Å². The lowest BCUT2D eigenvalue weighted by molar-refractivity contribution is -0.132. The Hall–Kier alpha value is -2.44. The van der Waals surface area contributed by atoms with Gasteiger partial charge in [0.1, 0.15) is 0 Å². The molecule has 1 heterocycles. The molecule has 1 N–H and O–H groups in total. The molecular formula is C17H24N2O5. The number of methoxy groups -OCH3 is 3. The second-order valence-electron chi connectivity index (χ2n) is 5.68. The zero-order valence-electron chi connectivity index (χ0n) is 14.5. The Morgan fingerprint density at radius 3 is 2.00 bits per heavy atom. The third-order valence-electron chi connectivity index (χ3n) is 4.24. The molecular weight excluding hydrogens is 312 g/mol. The summed E-state index contributed by atoms with van der Waals surface area (Å²) in [6.07, 6.45) is 1.33. The topological polar surface area (TPSA) is 77.1 Å². The van der Waals surface area contributed by atoms with Crippen molar-refractivity contribution in [2.45, 2.75) is 19.8 Å². The molecule has 0 atom stereocenters. The summed E-state index contributed by atoms with van der Waals surface area (Å²) >= 11 is 0. The van der Waals surface area contributed by atoms with E-state index >= 15 is 0 Å². The van der Waals surface area contributed by atoms with Gasteiger partial charge in [0.25, 0.3) is 0 Å². The number of likely N-dealkylation sites (tertiary alicyclic amines) is 1. The van der Waals surface area contributed by atoms with Crippen LogP contribution in [0, 0.1) is 5.92 Å². The summed E-state index contributed by atoms with van der Waals surface area (Å²) in [6, 6.07) is 3.40. The number of nitrogens with one attached hydrogen (secondary N) is 1. The molecule has 1 aromatic rings. The Labute approximate surface area is 141 Å². The predicted octanol–water partition coefficient (Wildman–Crippen LogP) is 1.91. The highest BCUT2D eigenvalue weighted by Crippen LogP contribution is 2.40. The highest BCUT2D eigenvalue weighted by molar-refractivity contribution is 5.93. The molecule has 0 radical (unpaired) electrons. The Morgan fingerprint density at radius 2 is 1.58 bits per heavy atom. The van der Waals surface area contributed by atoms with E-state index in [1.54, 1.807) is 24.0 Å². The van der Waals surface area contributed by atoms with Gasteiger partial charge in [-0.15, -0.1) is 0 Å². The monoisotopic (exact) mass is 336 g/mol. The molecule has 0 aromatic heterocycles. The molecule has 2 amide bonds. The second-order valence-corrected chi connectivity index (χ2v) is 5.68. The number of hydrogen-bond acceptors (Lipinski definition) is 5. The van der Waals surface area contributed by atoms with E-state index in [1.165, 1.54) is 21.3 Å². The van der Waals surface area contributed by atoms with Crippen LogP contribution in [0.3, 0.4) is 0 Å². The van der Waals surface area contributed by atoms with Crippen LogP contribution in [0.15, 0.2) is 12.1 Å². The minimum atomic E-state index is -0.111. The smallest absolute Gasteiger partial charge is 0.227 e. The fourth-order valence-corrected chi connectivity index (χ4v) is 2.85. The van der Waals surface area contributed by atoms with Gasteiger partial charge in [-0.1, -0.05) is 0 Å². The van der Waals surface area contributed by atoms with Crippen molar-refractivity contribution in [1.29, 1.82) is 0 Å². The van der Waals surface area contributed by atoms with E-state index in [0.29, 0.717) is 48.9 Å². The first-order valence-corrected chi connectivity index (χ1v) is 7.86. The highest BCUT2D eigenvalue weighted by Gasteiger charge is 2.26. The molecule has 7 nitrogen and oxygen atoms in total. The molecule has 0 spiro atoms. The number of hydrogen-bond donors (Lipinski definition) is 1. The fraction of sp³-hybridized carbons (Fsp3) is 0.529. The van der Waals surface area contributed by atoms with Crippen LogP contribution in [0.2, 0.25) is 0 Å². The van der Waals surface area contributed by atoms with E-state index in [4.69, 9.17) is 14.2 Å². The average Bonchev–Trinajstić information content (AvgIpc) is 2.60. The van der Waals surface area contributed by atoms with E-state index in [2.05, 4.69) is 5.32 Å². The maximum absolute atomic E-state index is 12.5. The van der Waals surface area contributed by atoms with Gasteiger partial charge in [-0.25, -0.2) is 0 Å². The lowest BCUT2D eigenvalue weighted by Gasteiger charge is -2.30. The molecule has 2 rings (SSSR count). The number of anilines is 1. The van der Waals surface area contributed by atoms with Crippen LogP contribution in [0.25, 0.3) is 0 Å². The first-order chi connectivity index (χ1) is 11.5. The molecule has 1 aliphatic rings. The fourth-order valence-electron chi connectivity index (χ4n) is 2.85. The molecule has 0 saturated carbocycles. The van der Waals surface area contributed by atoms with Crippen LogP contribution in [0.1, 0.15) is 19.8 Å². The van der Waals surface area contributed by atoms with E-state index < -0.39 is 0 Å². The lowest BCUT2D eigenvalue weighted by Crippen LogP contribution is -2.40. The average molecular weight is 336 g/mol. The van der Waals surface area contributed by atoms with Crippen molar-refractivity contribution >= 4 is 17.5 Å². The molecule has 7 heteroatoms. The molecule has 1 saturated heterocycles. The molecule has 0 aliphatic carbocycles. The van der Waals surface area contributed by atoms with Crippen LogP contribution in [0.5, 0.6) is 17.2 Å². The van der Waals surface area contributed by atoms with Gasteiger partial charge in [0, 0.05) is 43.8 Å². The Bertz CT molecular complexity index is 584. The summed E-state index contributed by atoms with van der Waals surface area (Å²) in [5.74, 6) is 1.33. The summed E-state index contributed by atoms with van der Waals surface area (Å²) in [6.45, 7) is 2.78.